The summed E-state index contributed by atoms with van der Waals surface area (Å²) in [6.07, 6.45) is 5.05. The van der Waals surface area contributed by atoms with Gasteiger partial charge in [0.1, 0.15) is 5.75 Å². The number of oxazole rings is 1. The van der Waals surface area contributed by atoms with E-state index >= 15 is 0 Å². The Balaban J connectivity index is 1.59. The quantitative estimate of drug-likeness (QED) is 0.804. The monoisotopic (exact) mass is 372 g/mol. The Labute approximate surface area is 160 Å². The number of nitrogens with zero attached hydrogens (tertiary/aromatic N) is 4. The first-order valence-corrected chi connectivity index (χ1v) is 9.31. The minimum Gasteiger partial charge on any atom is -0.496 e. The molecule has 0 saturated carbocycles. The van der Waals surface area contributed by atoms with Gasteiger partial charge in [0.2, 0.25) is 5.76 Å². The molecule has 1 aliphatic rings. The Morgan fingerprint density at radius 2 is 2.00 bits per heavy atom. The van der Waals surface area contributed by atoms with Crippen LogP contribution in [0.3, 0.4) is 0 Å². The smallest absolute Gasteiger partial charge is 0.291 e. The van der Waals surface area contributed by atoms with Crippen molar-refractivity contribution in [3.63, 3.8) is 0 Å². The van der Waals surface area contributed by atoms with Gasteiger partial charge in [0.25, 0.3) is 5.91 Å². The predicted molar refractivity (Wildman–Crippen MR) is 102 cm³/mol. The molecule has 1 fully saturated rings. The fourth-order valence-electron chi connectivity index (χ4n) is 3.74. The van der Waals surface area contributed by atoms with Crippen LogP contribution in [0.5, 0.6) is 5.75 Å². The number of methoxy groups -OCH3 is 1. The summed E-state index contributed by atoms with van der Waals surface area (Å²) in [4.78, 5) is 25.4. The lowest BCUT2D eigenvalue weighted by molar-refractivity contribution is 0.0604. The number of hydrogen-bond donors (Lipinski definition) is 0. The highest BCUT2D eigenvalue weighted by Gasteiger charge is 2.28. The summed E-state index contributed by atoms with van der Waals surface area (Å²) >= 11 is 0. The van der Waals surface area contributed by atoms with Gasteiger partial charge >= 0.3 is 0 Å². The average molecular weight is 372 g/mol. The second-order valence-electron chi connectivity index (χ2n) is 7.24. The first kappa shape index (κ1) is 19.4. The van der Waals surface area contributed by atoms with Crippen molar-refractivity contribution in [2.75, 3.05) is 27.2 Å². The largest absolute Gasteiger partial charge is 0.496 e. The number of aromatic nitrogens is 2. The second-order valence-corrected chi connectivity index (χ2v) is 7.24. The summed E-state index contributed by atoms with van der Waals surface area (Å²) in [6.45, 7) is 8.51. The fraction of sp³-hybridized carbons (Fsp3) is 0.550. The molecule has 0 aromatic carbocycles. The summed E-state index contributed by atoms with van der Waals surface area (Å²) < 4.78 is 10.8. The molecule has 0 spiro atoms. The van der Waals surface area contributed by atoms with Crippen molar-refractivity contribution in [3.8, 4) is 5.75 Å². The normalized spacial score (nSPS) is 15.7. The topological polar surface area (TPSA) is 71.7 Å². The van der Waals surface area contributed by atoms with Crippen LogP contribution in [0.25, 0.3) is 0 Å². The SMILES string of the molecule is COc1c(C)cnc(CN2CCC(N(C)C(=O)c3ocnc3C)CC2)c1C. The standard InChI is InChI=1S/C20H28N4O3/c1-13-10-21-17(14(2)18(13)26-5)11-24-8-6-16(7-9-24)23(4)20(25)19-15(3)22-12-27-19/h10,12,16H,6-9,11H2,1-5H3. The predicted octanol–water partition coefficient (Wildman–Crippen LogP) is 2.74. The molecule has 2 aromatic heterocycles. The molecule has 2 aromatic rings. The maximum absolute atomic E-state index is 12.6. The van der Waals surface area contributed by atoms with Crippen molar-refractivity contribution in [1.82, 2.24) is 19.8 Å². The Morgan fingerprint density at radius 3 is 2.59 bits per heavy atom. The van der Waals surface area contributed by atoms with Crippen LogP contribution in [0.4, 0.5) is 0 Å². The molecular weight excluding hydrogens is 344 g/mol. The van der Waals surface area contributed by atoms with E-state index in [-0.39, 0.29) is 11.9 Å². The van der Waals surface area contributed by atoms with E-state index < -0.39 is 0 Å². The molecule has 27 heavy (non-hydrogen) atoms. The average Bonchev–Trinajstić information content (AvgIpc) is 3.10. The molecule has 1 aliphatic heterocycles. The molecule has 7 heteroatoms. The van der Waals surface area contributed by atoms with Crippen LogP contribution in [0, 0.1) is 20.8 Å². The molecule has 7 nitrogen and oxygen atoms in total. The fourth-order valence-corrected chi connectivity index (χ4v) is 3.74. The minimum atomic E-state index is -0.0933. The Kier molecular flexibility index (Phi) is 5.79. The number of carbonyl (C=O) groups is 1. The van der Waals surface area contributed by atoms with Crippen LogP contribution in [-0.2, 0) is 6.54 Å². The zero-order valence-electron chi connectivity index (χ0n) is 16.8. The van der Waals surface area contributed by atoms with Gasteiger partial charge in [0.05, 0.1) is 18.5 Å². The van der Waals surface area contributed by atoms with Gasteiger partial charge < -0.3 is 14.1 Å². The van der Waals surface area contributed by atoms with E-state index in [4.69, 9.17) is 9.15 Å². The number of piperidine rings is 1. The maximum atomic E-state index is 12.6. The molecule has 0 aliphatic carbocycles. The van der Waals surface area contributed by atoms with Gasteiger partial charge in [-0.25, -0.2) is 4.98 Å². The van der Waals surface area contributed by atoms with Crippen LogP contribution in [0.1, 0.15) is 45.9 Å². The molecular formula is C20H28N4O3. The summed E-state index contributed by atoms with van der Waals surface area (Å²) in [7, 11) is 3.55. The van der Waals surface area contributed by atoms with Crippen molar-refractivity contribution in [2.24, 2.45) is 0 Å². The Hall–Kier alpha value is -2.41. The van der Waals surface area contributed by atoms with Gasteiger partial charge in [0, 0.05) is 50.0 Å². The second kappa shape index (κ2) is 8.08. The Bertz CT molecular complexity index is 810. The van der Waals surface area contributed by atoms with Crippen LogP contribution in [-0.4, -0.2) is 59.0 Å². The van der Waals surface area contributed by atoms with Gasteiger partial charge in [-0.1, -0.05) is 0 Å². The van der Waals surface area contributed by atoms with Crippen molar-refractivity contribution in [1.29, 1.82) is 0 Å². The van der Waals surface area contributed by atoms with Crippen LogP contribution in [0.2, 0.25) is 0 Å². The highest BCUT2D eigenvalue weighted by atomic mass is 16.5. The number of amides is 1. The first-order valence-electron chi connectivity index (χ1n) is 9.31. The minimum absolute atomic E-state index is 0.0933. The number of rotatable bonds is 5. The van der Waals surface area contributed by atoms with E-state index in [2.05, 4.69) is 21.8 Å². The van der Waals surface area contributed by atoms with E-state index in [0.717, 1.165) is 55.0 Å². The van der Waals surface area contributed by atoms with Crippen molar-refractivity contribution < 1.29 is 13.9 Å². The van der Waals surface area contributed by atoms with E-state index in [9.17, 15) is 4.79 Å². The molecule has 0 atom stereocenters. The molecule has 3 heterocycles. The molecule has 0 radical (unpaired) electrons. The van der Waals surface area contributed by atoms with Gasteiger partial charge in [0.15, 0.2) is 6.39 Å². The summed E-state index contributed by atoms with van der Waals surface area (Å²) in [5, 5.41) is 0. The van der Waals surface area contributed by atoms with E-state index in [1.807, 2.05) is 20.2 Å². The van der Waals surface area contributed by atoms with Crippen LogP contribution >= 0.6 is 0 Å². The lowest BCUT2D eigenvalue weighted by Crippen LogP contribution is -2.45. The van der Waals surface area contributed by atoms with Crippen molar-refractivity contribution in [3.05, 3.63) is 40.9 Å². The molecule has 1 amide bonds. The third-order valence-corrected chi connectivity index (χ3v) is 5.49. The number of carbonyl (C=O) groups excluding carboxylic acids is 1. The van der Waals surface area contributed by atoms with Crippen molar-refractivity contribution in [2.45, 2.75) is 46.2 Å². The zero-order valence-corrected chi connectivity index (χ0v) is 16.8. The lowest BCUT2D eigenvalue weighted by Gasteiger charge is -2.36. The third kappa shape index (κ3) is 3.98. The molecule has 0 N–H and O–H groups in total. The summed E-state index contributed by atoms with van der Waals surface area (Å²) in [5.41, 5.74) is 3.85. The van der Waals surface area contributed by atoms with E-state index in [0.29, 0.717) is 11.5 Å². The number of pyridine rings is 1. The molecule has 1 saturated heterocycles. The van der Waals surface area contributed by atoms with Crippen LogP contribution < -0.4 is 4.74 Å². The number of likely N-dealkylation sites (tertiary alicyclic amines) is 1. The van der Waals surface area contributed by atoms with Gasteiger partial charge in [-0.3, -0.25) is 14.7 Å². The highest BCUT2D eigenvalue weighted by Crippen LogP contribution is 2.26. The summed E-state index contributed by atoms with van der Waals surface area (Å²) in [6, 6.07) is 0.208. The third-order valence-electron chi connectivity index (χ3n) is 5.49. The van der Waals surface area contributed by atoms with Gasteiger partial charge in [-0.15, -0.1) is 0 Å². The Morgan fingerprint density at radius 1 is 1.30 bits per heavy atom. The van der Waals surface area contributed by atoms with Crippen LogP contribution in [0.15, 0.2) is 17.0 Å². The maximum Gasteiger partial charge on any atom is 0.291 e. The number of ether oxygens (including phenoxy) is 1. The van der Waals surface area contributed by atoms with Gasteiger partial charge in [-0.05, 0) is 33.6 Å². The van der Waals surface area contributed by atoms with E-state index in [1.54, 1.807) is 18.9 Å². The first-order chi connectivity index (χ1) is 12.9. The molecule has 0 bridgehead atoms. The molecule has 146 valence electrons. The highest BCUT2D eigenvalue weighted by molar-refractivity contribution is 5.92. The number of aryl methyl sites for hydroxylation is 2. The van der Waals surface area contributed by atoms with Gasteiger partial charge in [-0.2, -0.15) is 0 Å². The van der Waals surface area contributed by atoms with Crippen molar-refractivity contribution >= 4 is 5.91 Å². The molecule has 3 rings (SSSR count). The lowest BCUT2D eigenvalue weighted by atomic mass is 10.0. The molecule has 0 unspecified atom stereocenters. The summed E-state index contributed by atoms with van der Waals surface area (Å²) in [5.74, 6) is 1.17. The van der Waals surface area contributed by atoms with E-state index in [1.165, 1.54) is 6.39 Å². The number of hydrogen-bond acceptors (Lipinski definition) is 6. The zero-order chi connectivity index (χ0) is 19.6.